The number of amides is 1. The van der Waals surface area contributed by atoms with Gasteiger partial charge in [0.25, 0.3) is 5.91 Å². The van der Waals surface area contributed by atoms with E-state index in [1.165, 1.54) is 0 Å². The van der Waals surface area contributed by atoms with Crippen molar-refractivity contribution in [2.45, 2.75) is 0 Å². The summed E-state index contributed by atoms with van der Waals surface area (Å²) in [6.07, 6.45) is 0. The molecule has 0 unspecified atom stereocenters. The van der Waals surface area contributed by atoms with Crippen LogP contribution in [0.15, 0.2) is 40.9 Å². The number of carbonyl (C=O) groups excluding carboxylic acids is 1. The quantitative estimate of drug-likeness (QED) is 0.586. The molecule has 146 valence electrons. The van der Waals surface area contributed by atoms with Gasteiger partial charge in [-0.1, -0.05) is 27.3 Å². The van der Waals surface area contributed by atoms with Crippen LogP contribution in [0.25, 0.3) is 10.2 Å². The van der Waals surface area contributed by atoms with Crippen LogP contribution in [0.2, 0.25) is 0 Å². The second kappa shape index (κ2) is 7.97. The summed E-state index contributed by atoms with van der Waals surface area (Å²) in [6.45, 7) is 2.82. The fourth-order valence-corrected chi connectivity index (χ4v) is 4.80. The van der Waals surface area contributed by atoms with E-state index in [-0.39, 0.29) is 5.91 Å². The molecule has 4 rings (SSSR count). The molecule has 6 nitrogen and oxygen atoms in total. The molecular formula is C20H20BrN3O3S. The first kappa shape index (κ1) is 19.0. The summed E-state index contributed by atoms with van der Waals surface area (Å²) in [5, 5.41) is 1.00. The molecule has 0 bridgehead atoms. The molecule has 1 aliphatic rings. The maximum atomic E-state index is 12.9. The predicted molar refractivity (Wildman–Crippen MR) is 115 cm³/mol. The highest BCUT2D eigenvalue weighted by Gasteiger charge is 2.24. The molecule has 1 saturated heterocycles. The third-order valence-electron chi connectivity index (χ3n) is 4.77. The van der Waals surface area contributed by atoms with E-state index in [0.717, 1.165) is 32.9 Å². The molecule has 0 saturated carbocycles. The molecule has 0 spiro atoms. The fraction of sp³-hybridized carbons (Fsp3) is 0.300. The molecule has 28 heavy (non-hydrogen) atoms. The Labute approximate surface area is 175 Å². The van der Waals surface area contributed by atoms with Gasteiger partial charge in [-0.3, -0.25) is 4.79 Å². The van der Waals surface area contributed by atoms with Gasteiger partial charge in [0.05, 0.1) is 24.4 Å². The molecule has 0 radical (unpaired) electrons. The van der Waals surface area contributed by atoms with E-state index >= 15 is 0 Å². The van der Waals surface area contributed by atoms with Gasteiger partial charge in [-0.2, -0.15) is 0 Å². The van der Waals surface area contributed by atoms with Crippen molar-refractivity contribution >= 4 is 48.5 Å². The monoisotopic (exact) mass is 461 g/mol. The van der Waals surface area contributed by atoms with Crippen LogP contribution >= 0.6 is 27.3 Å². The Morgan fingerprint density at radius 1 is 1.04 bits per heavy atom. The number of ether oxygens (including phenoxy) is 2. The second-order valence-electron chi connectivity index (χ2n) is 6.49. The molecule has 1 amide bonds. The van der Waals surface area contributed by atoms with Gasteiger partial charge >= 0.3 is 0 Å². The van der Waals surface area contributed by atoms with Crippen LogP contribution in [0.4, 0.5) is 5.13 Å². The van der Waals surface area contributed by atoms with Gasteiger partial charge in [0, 0.05) is 42.3 Å². The number of rotatable bonds is 4. The van der Waals surface area contributed by atoms with Gasteiger partial charge in [-0.25, -0.2) is 4.98 Å². The van der Waals surface area contributed by atoms with Crippen molar-refractivity contribution in [2.24, 2.45) is 0 Å². The molecule has 0 aliphatic carbocycles. The number of carbonyl (C=O) groups is 1. The largest absolute Gasteiger partial charge is 0.497 e. The van der Waals surface area contributed by atoms with Crippen molar-refractivity contribution in [1.82, 2.24) is 9.88 Å². The minimum atomic E-state index is -0.00918. The highest BCUT2D eigenvalue weighted by Crippen LogP contribution is 2.31. The first-order valence-electron chi connectivity index (χ1n) is 8.91. The van der Waals surface area contributed by atoms with Crippen molar-refractivity contribution in [2.75, 3.05) is 45.3 Å². The van der Waals surface area contributed by atoms with Crippen molar-refractivity contribution in [3.8, 4) is 11.5 Å². The number of halogens is 1. The summed E-state index contributed by atoms with van der Waals surface area (Å²) in [7, 11) is 3.16. The molecule has 2 aromatic carbocycles. The van der Waals surface area contributed by atoms with Crippen molar-refractivity contribution in [3.63, 3.8) is 0 Å². The number of aromatic nitrogens is 1. The summed E-state index contributed by atoms with van der Waals surface area (Å²) in [4.78, 5) is 21.8. The maximum absolute atomic E-state index is 12.9. The van der Waals surface area contributed by atoms with Crippen LogP contribution in [-0.4, -0.2) is 56.2 Å². The highest BCUT2D eigenvalue weighted by molar-refractivity contribution is 9.10. The van der Waals surface area contributed by atoms with Gasteiger partial charge < -0.3 is 19.3 Å². The topological polar surface area (TPSA) is 54.9 Å². The average Bonchev–Trinajstić information content (AvgIpc) is 3.16. The minimum absolute atomic E-state index is 0.00918. The van der Waals surface area contributed by atoms with Crippen LogP contribution in [0, 0.1) is 0 Å². The zero-order valence-corrected chi connectivity index (χ0v) is 18.0. The van der Waals surface area contributed by atoms with E-state index in [2.05, 4.69) is 26.9 Å². The molecule has 0 atom stereocenters. The smallest absolute Gasteiger partial charge is 0.254 e. The van der Waals surface area contributed by atoms with E-state index < -0.39 is 0 Å². The summed E-state index contributed by atoms with van der Waals surface area (Å²) in [5.41, 5.74) is 1.58. The number of hydrogen-bond donors (Lipinski definition) is 0. The number of benzene rings is 2. The third-order valence-corrected chi connectivity index (χ3v) is 6.35. The van der Waals surface area contributed by atoms with Crippen molar-refractivity contribution in [3.05, 3.63) is 46.4 Å². The summed E-state index contributed by atoms with van der Waals surface area (Å²) < 4.78 is 12.8. The number of fused-ring (bicyclic) bond motifs is 1. The van der Waals surface area contributed by atoms with E-state index in [1.807, 2.05) is 17.0 Å². The lowest BCUT2D eigenvalue weighted by Gasteiger charge is -2.34. The van der Waals surface area contributed by atoms with E-state index in [0.29, 0.717) is 30.2 Å². The lowest BCUT2D eigenvalue weighted by molar-refractivity contribution is 0.0746. The van der Waals surface area contributed by atoms with Crippen molar-refractivity contribution in [1.29, 1.82) is 0 Å². The Kier molecular flexibility index (Phi) is 5.41. The lowest BCUT2D eigenvalue weighted by Crippen LogP contribution is -2.48. The van der Waals surface area contributed by atoms with Crippen LogP contribution < -0.4 is 14.4 Å². The lowest BCUT2D eigenvalue weighted by atomic mass is 10.1. The summed E-state index contributed by atoms with van der Waals surface area (Å²) in [5.74, 6) is 1.22. The molecule has 1 aliphatic heterocycles. The number of methoxy groups -OCH3 is 2. The maximum Gasteiger partial charge on any atom is 0.254 e. The van der Waals surface area contributed by atoms with Crippen LogP contribution in [0.1, 0.15) is 10.4 Å². The first-order valence-corrected chi connectivity index (χ1v) is 10.5. The normalized spacial score (nSPS) is 14.4. The molecule has 1 fully saturated rings. The Bertz CT molecular complexity index is 993. The molecule has 8 heteroatoms. The molecule has 0 N–H and O–H groups in total. The highest BCUT2D eigenvalue weighted by atomic mass is 79.9. The molecule has 2 heterocycles. The van der Waals surface area contributed by atoms with Crippen molar-refractivity contribution < 1.29 is 14.3 Å². The summed E-state index contributed by atoms with van der Waals surface area (Å²) in [6, 6.07) is 11.4. The minimum Gasteiger partial charge on any atom is -0.497 e. The molecule has 3 aromatic rings. The number of anilines is 1. The number of hydrogen-bond acceptors (Lipinski definition) is 6. The van der Waals surface area contributed by atoms with Gasteiger partial charge in [0.1, 0.15) is 11.5 Å². The predicted octanol–water partition coefficient (Wildman–Crippen LogP) is 4.04. The van der Waals surface area contributed by atoms with Crippen LogP contribution in [-0.2, 0) is 0 Å². The van der Waals surface area contributed by atoms with Gasteiger partial charge in [-0.05, 0) is 30.3 Å². The average molecular weight is 462 g/mol. The number of piperazine rings is 1. The standard InChI is InChI=1S/C20H20BrN3O3S/c1-26-15-9-13(10-16(12-15)27-2)19(25)23-5-7-24(8-6-23)20-22-17-4-3-14(21)11-18(17)28-20/h3-4,9-12H,5-8H2,1-2H3. The molecular weight excluding hydrogens is 442 g/mol. The van der Waals surface area contributed by atoms with Crippen LogP contribution in [0.5, 0.6) is 11.5 Å². The zero-order valence-electron chi connectivity index (χ0n) is 15.6. The Hall–Kier alpha value is -2.32. The first-order chi connectivity index (χ1) is 13.6. The Morgan fingerprint density at radius 2 is 1.71 bits per heavy atom. The summed E-state index contributed by atoms with van der Waals surface area (Å²) >= 11 is 5.19. The fourth-order valence-electron chi connectivity index (χ4n) is 3.24. The van der Waals surface area contributed by atoms with Gasteiger partial charge in [0.2, 0.25) is 0 Å². The SMILES string of the molecule is COc1cc(OC)cc(C(=O)N2CCN(c3nc4ccc(Br)cc4s3)CC2)c1. The third kappa shape index (κ3) is 3.79. The van der Waals surface area contributed by atoms with Crippen LogP contribution in [0.3, 0.4) is 0 Å². The van der Waals surface area contributed by atoms with E-state index in [4.69, 9.17) is 14.5 Å². The van der Waals surface area contributed by atoms with Gasteiger partial charge in [-0.15, -0.1) is 0 Å². The molecule has 1 aromatic heterocycles. The zero-order chi connectivity index (χ0) is 19.7. The number of nitrogens with zero attached hydrogens (tertiary/aromatic N) is 3. The van der Waals surface area contributed by atoms with E-state index in [9.17, 15) is 4.79 Å². The Balaban J connectivity index is 1.46. The Morgan fingerprint density at radius 3 is 2.36 bits per heavy atom. The van der Waals surface area contributed by atoms with Gasteiger partial charge in [0.15, 0.2) is 5.13 Å². The second-order valence-corrected chi connectivity index (χ2v) is 8.41. The number of thiazole rings is 1. The van der Waals surface area contributed by atoms with E-state index in [1.54, 1.807) is 43.8 Å².